The van der Waals surface area contributed by atoms with E-state index in [0.717, 1.165) is 6.04 Å². The van der Waals surface area contributed by atoms with E-state index in [9.17, 15) is 0 Å². The number of hydrogen-bond donors (Lipinski definition) is 2. The third kappa shape index (κ3) is 2.67. The predicted molar refractivity (Wildman–Crippen MR) is 44.2 cm³/mol. The van der Waals surface area contributed by atoms with E-state index in [-0.39, 0.29) is 0 Å². The molecule has 2 N–H and O–H groups in total. The molecule has 0 amide bonds. The lowest BCUT2D eigenvalue weighted by Crippen LogP contribution is -2.31. The van der Waals surface area contributed by atoms with Crippen molar-refractivity contribution in [3.63, 3.8) is 0 Å². The lowest BCUT2D eigenvalue weighted by Gasteiger charge is -2.09. The van der Waals surface area contributed by atoms with Crippen molar-refractivity contribution in [1.29, 1.82) is 0 Å². The first-order valence-corrected chi connectivity index (χ1v) is 4.37. The molecule has 0 spiro atoms. The molecule has 0 radical (unpaired) electrons. The second-order valence-corrected chi connectivity index (χ2v) is 3.00. The summed E-state index contributed by atoms with van der Waals surface area (Å²) in [6.45, 7) is 5.80. The fraction of sp³-hybridized carbons (Fsp3) is 1.00. The molecule has 1 heterocycles. The average Bonchev–Trinajstić information content (AvgIpc) is 2.41. The van der Waals surface area contributed by atoms with Gasteiger partial charge < -0.3 is 10.6 Å². The van der Waals surface area contributed by atoms with Gasteiger partial charge in [0.2, 0.25) is 0 Å². The first-order chi connectivity index (χ1) is 4.93. The molecule has 0 aromatic heterocycles. The van der Waals surface area contributed by atoms with Gasteiger partial charge in [0.05, 0.1) is 0 Å². The summed E-state index contributed by atoms with van der Waals surface area (Å²) in [4.78, 5) is 0. The van der Waals surface area contributed by atoms with Crippen molar-refractivity contribution in [2.75, 3.05) is 19.6 Å². The van der Waals surface area contributed by atoms with Gasteiger partial charge in [-0.1, -0.05) is 13.3 Å². The molecule has 60 valence electrons. The van der Waals surface area contributed by atoms with Gasteiger partial charge in [-0.25, -0.2) is 0 Å². The maximum atomic E-state index is 3.52. The monoisotopic (exact) mass is 142 g/mol. The van der Waals surface area contributed by atoms with E-state index in [0.29, 0.717) is 0 Å². The van der Waals surface area contributed by atoms with Crippen LogP contribution in [-0.4, -0.2) is 25.7 Å². The normalized spacial score (nSPS) is 25.5. The van der Waals surface area contributed by atoms with E-state index < -0.39 is 0 Å². The van der Waals surface area contributed by atoms with Crippen LogP contribution in [0.3, 0.4) is 0 Å². The maximum absolute atomic E-state index is 3.52. The van der Waals surface area contributed by atoms with Crippen LogP contribution in [0.25, 0.3) is 0 Å². The lowest BCUT2D eigenvalue weighted by atomic mass is 10.2. The van der Waals surface area contributed by atoms with Crippen LogP contribution >= 0.6 is 0 Å². The van der Waals surface area contributed by atoms with Crippen LogP contribution < -0.4 is 10.6 Å². The molecule has 0 saturated carbocycles. The van der Waals surface area contributed by atoms with Gasteiger partial charge in [0, 0.05) is 12.6 Å². The number of hydrogen-bond acceptors (Lipinski definition) is 2. The van der Waals surface area contributed by atoms with Crippen molar-refractivity contribution >= 4 is 0 Å². The fourth-order valence-corrected chi connectivity index (χ4v) is 1.31. The Hall–Kier alpha value is -0.0800. The predicted octanol–water partition coefficient (Wildman–Crippen LogP) is 0.738. The Balaban J connectivity index is 1.91. The molecule has 1 rings (SSSR count). The first-order valence-electron chi connectivity index (χ1n) is 4.37. The number of rotatable bonds is 4. The topological polar surface area (TPSA) is 24.1 Å². The minimum absolute atomic E-state index is 0.756. The van der Waals surface area contributed by atoms with Gasteiger partial charge in [-0.05, 0) is 25.9 Å². The second kappa shape index (κ2) is 4.69. The summed E-state index contributed by atoms with van der Waals surface area (Å²) < 4.78 is 0. The van der Waals surface area contributed by atoms with Gasteiger partial charge in [-0.15, -0.1) is 0 Å². The Morgan fingerprint density at radius 3 is 3.10 bits per heavy atom. The van der Waals surface area contributed by atoms with Crippen LogP contribution in [-0.2, 0) is 0 Å². The molecule has 1 aliphatic rings. The molecular formula is C8H18N2. The summed E-state index contributed by atoms with van der Waals surface area (Å²) in [5.74, 6) is 0. The molecule has 1 fully saturated rings. The van der Waals surface area contributed by atoms with E-state index in [1.807, 2.05) is 0 Å². The molecule has 10 heavy (non-hydrogen) atoms. The van der Waals surface area contributed by atoms with Crippen LogP contribution in [0, 0.1) is 0 Å². The van der Waals surface area contributed by atoms with E-state index in [1.165, 1.54) is 38.9 Å². The zero-order chi connectivity index (χ0) is 7.23. The SMILES string of the molecule is CCCCN[C@H]1CCNC1. The Kier molecular flexibility index (Phi) is 3.76. The van der Waals surface area contributed by atoms with Crippen LogP contribution in [0.15, 0.2) is 0 Å². The summed E-state index contributed by atoms with van der Waals surface area (Å²) in [5.41, 5.74) is 0. The summed E-state index contributed by atoms with van der Waals surface area (Å²) >= 11 is 0. The highest BCUT2D eigenvalue weighted by molar-refractivity contribution is 4.76. The zero-order valence-corrected chi connectivity index (χ0v) is 6.82. The smallest absolute Gasteiger partial charge is 0.0204 e. The van der Waals surface area contributed by atoms with Crippen LogP contribution in [0.1, 0.15) is 26.2 Å². The molecule has 0 unspecified atom stereocenters. The quantitative estimate of drug-likeness (QED) is 0.566. The molecular weight excluding hydrogens is 124 g/mol. The van der Waals surface area contributed by atoms with E-state index in [1.54, 1.807) is 0 Å². The van der Waals surface area contributed by atoms with Crippen molar-refractivity contribution in [3.8, 4) is 0 Å². The van der Waals surface area contributed by atoms with Gasteiger partial charge in [0.1, 0.15) is 0 Å². The third-order valence-electron chi connectivity index (χ3n) is 2.02. The first kappa shape index (κ1) is 8.02. The molecule has 1 atom stereocenters. The van der Waals surface area contributed by atoms with Gasteiger partial charge in [-0.2, -0.15) is 0 Å². The van der Waals surface area contributed by atoms with Gasteiger partial charge in [-0.3, -0.25) is 0 Å². The third-order valence-corrected chi connectivity index (χ3v) is 2.02. The molecule has 2 heteroatoms. The minimum atomic E-state index is 0.756. The molecule has 0 aromatic carbocycles. The Bertz CT molecular complexity index is 77.3. The van der Waals surface area contributed by atoms with Gasteiger partial charge >= 0.3 is 0 Å². The standard InChI is InChI=1S/C8H18N2/c1-2-3-5-10-8-4-6-9-7-8/h8-10H,2-7H2,1H3/t8-/m0/s1. The van der Waals surface area contributed by atoms with E-state index in [2.05, 4.69) is 17.6 Å². The molecule has 1 saturated heterocycles. The van der Waals surface area contributed by atoms with E-state index in [4.69, 9.17) is 0 Å². The molecule has 0 aliphatic carbocycles. The van der Waals surface area contributed by atoms with Crippen molar-refractivity contribution < 1.29 is 0 Å². The highest BCUT2D eigenvalue weighted by Crippen LogP contribution is 1.96. The highest BCUT2D eigenvalue weighted by Gasteiger charge is 2.11. The second-order valence-electron chi connectivity index (χ2n) is 3.00. The summed E-state index contributed by atoms with van der Waals surface area (Å²) in [5, 5.41) is 6.86. The molecule has 0 bridgehead atoms. The maximum Gasteiger partial charge on any atom is 0.0204 e. The Labute approximate surface area is 63.4 Å². The Morgan fingerprint density at radius 2 is 2.50 bits per heavy atom. The molecule has 0 aromatic rings. The van der Waals surface area contributed by atoms with Crippen molar-refractivity contribution in [2.45, 2.75) is 32.2 Å². The Morgan fingerprint density at radius 1 is 1.60 bits per heavy atom. The van der Waals surface area contributed by atoms with Crippen molar-refractivity contribution in [1.82, 2.24) is 10.6 Å². The lowest BCUT2D eigenvalue weighted by molar-refractivity contribution is 0.533. The van der Waals surface area contributed by atoms with Crippen molar-refractivity contribution in [3.05, 3.63) is 0 Å². The van der Waals surface area contributed by atoms with Crippen molar-refractivity contribution in [2.24, 2.45) is 0 Å². The fourth-order valence-electron chi connectivity index (χ4n) is 1.31. The minimum Gasteiger partial charge on any atom is -0.315 e. The van der Waals surface area contributed by atoms with Crippen LogP contribution in [0.5, 0.6) is 0 Å². The van der Waals surface area contributed by atoms with Crippen LogP contribution in [0.4, 0.5) is 0 Å². The largest absolute Gasteiger partial charge is 0.315 e. The summed E-state index contributed by atoms with van der Waals surface area (Å²) in [6.07, 6.45) is 3.92. The van der Waals surface area contributed by atoms with Gasteiger partial charge in [0.15, 0.2) is 0 Å². The van der Waals surface area contributed by atoms with Crippen LogP contribution in [0.2, 0.25) is 0 Å². The highest BCUT2D eigenvalue weighted by atomic mass is 15.0. The number of unbranched alkanes of at least 4 members (excludes halogenated alkanes) is 1. The van der Waals surface area contributed by atoms with Gasteiger partial charge in [0.25, 0.3) is 0 Å². The average molecular weight is 142 g/mol. The summed E-state index contributed by atoms with van der Waals surface area (Å²) in [6, 6.07) is 0.756. The zero-order valence-electron chi connectivity index (χ0n) is 6.82. The van der Waals surface area contributed by atoms with E-state index >= 15 is 0 Å². The molecule has 2 nitrogen and oxygen atoms in total. The molecule has 1 aliphatic heterocycles. The number of nitrogens with one attached hydrogen (secondary N) is 2. The summed E-state index contributed by atoms with van der Waals surface area (Å²) in [7, 11) is 0.